The van der Waals surface area contributed by atoms with E-state index >= 15 is 0 Å². The van der Waals surface area contributed by atoms with Crippen molar-refractivity contribution in [2.24, 2.45) is 0 Å². The summed E-state index contributed by atoms with van der Waals surface area (Å²) in [7, 11) is 0. The molecule has 2 aliphatic rings. The zero-order valence-electron chi connectivity index (χ0n) is 19.2. The van der Waals surface area contributed by atoms with Gasteiger partial charge in [0.2, 0.25) is 0 Å². The van der Waals surface area contributed by atoms with Crippen molar-refractivity contribution >= 4 is 11.8 Å². The summed E-state index contributed by atoms with van der Waals surface area (Å²) in [5.74, 6) is 0.961. The maximum absolute atomic E-state index is 12.4. The van der Waals surface area contributed by atoms with E-state index in [9.17, 15) is 4.79 Å². The second kappa shape index (κ2) is 10.8. The van der Waals surface area contributed by atoms with Crippen LogP contribution < -0.4 is 15.5 Å². The first-order chi connectivity index (χ1) is 15.5. The van der Waals surface area contributed by atoms with Gasteiger partial charge in [0.05, 0.1) is 12.2 Å². The van der Waals surface area contributed by atoms with Gasteiger partial charge in [-0.2, -0.15) is 0 Å². The number of aromatic nitrogens is 1. The highest BCUT2D eigenvalue weighted by Gasteiger charge is 2.23. The van der Waals surface area contributed by atoms with E-state index in [1.807, 2.05) is 24.4 Å². The number of ether oxygens (including phenoxy) is 1. The molecule has 2 aromatic rings. The molecule has 3 heterocycles. The minimum absolute atomic E-state index is 0.105. The Morgan fingerprint density at radius 3 is 2.41 bits per heavy atom. The van der Waals surface area contributed by atoms with Crippen LogP contribution in [-0.2, 0) is 17.8 Å². The first-order valence-corrected chi connectivity index (χ1v) is 11.7. The summed E-state index contributed by atoms with van der Waals surface area (Å²) in [5, 5.41) is 6.10. The molecule has 0 spiro atoms. The average Bonchev–Trinajstić information content (AvgIpc) is 2.79. The Morgan fingerprint density at radius 2 is 1.75 bits per heavy atom. The zero-order chi connectivity index (χ0) is 22.3. The van der Waals surface area contributed by atoms with E-state index in [1.165, 1.54) is 5.56 Å². The molecule has 32 heavy (non-hydrogen) atoms. The highest BCUT2D eigenvalue weighted by atomic mass is 16.5. The third-order valence-electron chi connectivity index (χ3n) is 6.18. The number of hydrogen-bond donors (Lipinski definition) is 2. The SMILES string of the molecule is CC1CN(c2ccc(CNC(=O)NC3CCN(Cc4ccccc4)CC3)cn2)CC(C)O1. The second-order valence-electron chi connectivity index (χ2n) is 9.05. The minimum Gasteiger partial charge on any atom is -0.372 e. The van der Waals surface area contributed by atoms with E-state index in [4.69, 9.17) is 4.74 Å². The van der Waals surface area contributed by atoms with Crippen molar-refractivity contribution in [2.45, 2.75) is 58.0 Å². The summed E-state index contributed by atoms with van der Waals surface area (Å²) in [5.41, 5.74) is 2.34. The summed E-state index contributed by atoms with van der Waals surface area (Å²) in [6.45, 7) is 9.34. The molecule has 4 rings (SSSR count). The van der Waals surface area contributed by atoms with Gasteiger partial charge in [-0.25, -0.2) is 9.78 Å². The molecule has 1 aromatic heterocycles. The molecule has 0 bridgehead atoms. The van der Waals surface area contributed by atoms with Crippen LogP contribution in [-0.4, -0.2) is 60.3 Å². The first kappa shape index (κ1) is 22.6. The van der Waals surface area contributed by atoms with Gasteiger partial charge in [-0.1, -0.05) is 36.4 Å². The van der Waals surface area contributed by atoms with E-state index in [-0.39, 0.29) is 24.3 Å². The van der Waals surface area contributed by atoms with Crippen LogP contribution in [0.5, 0.6) is 0 Å². The summed E-state index contributed by atoms with van der Waals surface area (Å²) >= 11 is 0. The molecule has 2 unspecified atom stereocenters. The summed E-state index contributed by atoms with van der Waals surface area (Å²) < 4.78 is 5.79. The molecule has 0 aliphatic carbocycles. The number of urea groups is 1. The Hall–Kier alpha value is -2.64. The quantitative estimate of drug-likeness (QED) is 0.727. The molecule has 1 aromatic carbocycles. The lowest BCUT2D eigenvalue weighted by Gasteiger charge is -2.36. The van der Waals surface area contributed by atoms with Crippen molar-refractivity contribution < 1.29 is 9.53 Å². The Kier molecular flexibility index (Phi) is 7.60. The number of hydrogen-bond acceptors (Lipinski definition) is 5. The fourth-order valence-electron chi connectivity index (χ4n) is 4.57. The molecule has 2 atom stereocenters. The predicted octanol–water partition coefficient (Wildman–Crippen LogP) is 3.16. The number of piperidine rings is 1. The van der Waals surface area contributed by atoms with Crippen molar-refractivity contribution in [1.29, 1.82) is 0 Å². The number of carbonyl (C=O) groups excluding carboxylic acids is 1. The Balaban J connectivity index is 1.17. The summed E-state index contributed by atoms with van der Waals surface area (Å²) in [6, 6.07) is 14.7. The van der Waals surface area contributed by atoms with Crippen LogP contribution in [0.4, 0.5) is 10.6 Å². The molecule has 2 amide bonds. The van der Waals surface area contributed by atoms with Crippen LogP contribution >= 0.6 is 0 Å². The number of morpholine rings is 1. The molecule has 2 fully saturated rings. The Bertz CT molecular complexity index is 842. The van der Waals surface area contributed by atoms with Gasteiger partial charge in [0.15, 0.2) is 0 Å². The fourth-order valence-corrected chi connectivity index (χ4v) is 4.57. The normalized spacial score (nSPS) is 22.5. The lowest BCUT2D eigenvalue weighted by atomic mass is 10.0. The van der Waals surface area contributed by atoms with Crippen LogP contribution in [0.25, 0.3) is 0 Å². The molecule has 172 valence electrons. The third kappa shape index (κ3) is 6.43. The van der Waals surface area contributed by atoms with Crippen molar-refractivity contribution in [1.82, 2.24) is 20.5 Å². The third-order valence-corrected chi connectivity index (χ3v) is 6.18. The molecule has 7 heteroatoms. The lowest BCUT2D eigenvalue weighted by Crippen LogP contribution is -2.47. The van der Waals surface area contributed by atoms with Gasteiger partial charge in [-0.15, -0.1) is 0 Å². The van der Waals surface area contributed by atoms with Gasteiger partial charge >= 0.3 is 6.03 Å². The van der Waals surface area contributed by atoms with Gasteiger partial charge in [-0.05, 0) is 43.9 Å². The number of likely N-dealkylation sites (tertiary alicyclic amines) is 1. The van der Waals surface area contributed by atoms with Gasteiger partial charge in [0.25, 0.3) is 0 Å². The Labute approximate surface area is 191 Å². The van der Waals surface area contributed by atoms with Crippen LogP contribution in [0.2, 0.25) is 0 Å². The predicted molar refractivity (Wildman–Crippen MR) is 127 cm³/mol. The summed E-state index contributed by atoms with van der Waals surface area (Å²) in [4.78, 5) is 21.7. The van der Waals surface area contributed by atoms with Gasteiger partial charge in [-0.3, -0.25) is 4.90 Å². The van der Waals surface area contributed by atoms with Crippen LogP contribution in [0.15, 0.2) is 48.7 Å². The maximum atomic E-state index is 12.4. The summed E-state index contributed by atoms with van der Waals surface area (Å²) in [6.07, 6.45) is 4.22. The van der Waals surface area contributed by atoms with Crippen molar-refractivity contribution in [3.8, 4) is 0 Å². The van der Waals surface area contributed by atoms with E-state index in [1.54, 1.807) is 0 Å². The number of nitrogens with zero attached hydrogens (tertiary/aromatic N) is 3. The van der Waals surface area contributed by atoms with Crippen LogP contribution in [0, 0.1) is 0 Å². The number of nitrogens with one attached hydrogen (secondary N) is 2. The van der Waals surface area contributed by atoms with Crippen LogP contribution in [0.3, 0.4) is 0 Å². The Morgan fingerprint density at radius 1 is 1.03 bits per heavy atom. The van der Waals surface area contributed by atoms with Crippen LogP contribution in [0.1, 0.15) is 37.8 Å². The van der Waals surface area contributed by atoms with Crippen molar-refractivity contribution in [3.63, 3.8) is 0 Å². The lowest BCUT2D eigenvalue weighted by molar-refractivity contribution is -0.00546. The number of rotatable bonds is 6. The van der Waals surface area contributed by atoms with Crippen molar-refractivity contribution in [2.75, 3.05) is 31.1 Å². The van der Waals surface area contributed by atoms with Gasteiger partial charge in [0, 0.05) is 51.5 Å². The highest BCUT2D eigenvalue weighted by molar-refractivity contribution is 5.74. The molecule has 0 saturated carbocycles. The topological polar surface area (TPSA) is 69.7 Å². The molecule has 7 nitrogen and oxygen atoms in total. The highest BCUT2D eigenvalue weighted by Crippen LogP contribution is 2.18. The van der Waals surface area contributed by atoms with E-state index in [0.29, 0.717) is 6.54 Å². The number of amides is 2. The minimum atomic E-state index is -0.105. The number of carbonyl (C=O) groups is 1. The average molecular weight is 438 g/mol. The molecular formula is C25H35N5O2. The van der Waals surface area contributed by atoms with Gasteiger partial charge < -0.3 is 20.3 Å². The molecule has 0 radical (unpaired) electrons. The van der Waals surface area contributed by atoms with E-state index in [0.717, 1.165) is 56.9 Å². The largest absolute Gasteiger partial charge is 0.372 e. The number of pyridine rings is 1. The van der Waals surface area contributed by atoms with E-state index in [2.05, 4.69) is 63.5 Å². The first-order valence-electron chi connectivity index (χ1n) is 11.7. The molecular weight excluding hydrogens is 402 g/mol. The van der Waals surface area contributed by atoms with Crippen molar-refractivity contribution in [3.05, 3.63) is 59.8 Å². The number of benzene rings is 1. The second-order valence-corrected chi connectivity index (χ2v) is 9.05. The van der Waals surface area contributed by atoms with Gasteiger partial charge in [0.1, 0.15) is 5.82 Å². The maximum Gasteiger partial charge on any atom is 0.315 e. The van der Waals surface area contributed by atoms with E-state index < -0.39 is 0 Å². The number of anilines is 1. The smallest absolute Gasteiger partial charge is 0.315 e. The molecule has 2 saturated heterocycles. The zero-order valence-corrected chi connectivity index (χ0v) is 19.2. The molecule has 2 N–H and O–H groups in total. The molecule has 2 aliphatic heterocycles. The monoisotopic (exact) mass is 437 g/mol. The fraction of sp³-hybridized carbons (Fsp3) is 0.520. The standard InChI is InChI=1S/C25H35N5O2/c1-19-16-30(17-20(2)32-19)24-9-8-22(14-26-24)15-27-25(31)28-23-10-12-29(13-11-23)18-21-6-4-3-5-7-21/h3-9,14,19-20,23H,10-13,15-18H2,1-2H3,(H2,27,28,31).